The van der Waals surface area contributed by atoms with E-state index in [1.165, 1.54) is 0 Å². The predicted molar refractivity (Wildman–Crippen MR) is 122 cm³/mol. The monoisotopic (exact) mass is 447 g/mol. The SMILES string of the molecule is CCN(Cc1nc(-c2ccccc2)no1)C(=O)c1cccc(OCc2ccccc2Cl)c1. The van der Waals surface area contributed by atoms with Gasteiger partial charge in [0.1, 0.15) is 18.9 Å². The zero-order valence-electron chi connectivity index (χ0n) is 17.6. The Labute approximate surface area is 191 Å². The van der Waals surface area contributed by atoms with E-state index in [2.05, 4.69) is 10.1 Å². The number of carbonyl (C=O) groups excluding carboxylic acids is 1. The Morgan fingerprint density at radius 2 is 1.81 bits per heavy atom. The molecule has 7 heteroatoms. The van der Waals surface area contributed by atoms with Crippen LogP contribution in [0.4, 0.5) is 0 Å². The number of hydrogen-bond acceptors (Lipinski definition) is 5. The van der Waals surface area contributed by atoms with Crippen molar-refractivity contribution in [2.24, 2.45) is 0 Å². The fourth-order valence-electron chi connectivity index (χ4n) is 3.19. The Morgan fingerprint density at radius 1 is 1.03 bits per heavy atom. The molecule has 0 spiro atoms. The topological polar surface area (TPSA) is 68.5 Å². The lowest BCUT2D eigenvalue weighted by atomic mass is 10.2. The van der Waals surface area contributed by atoms with Crippen LogP contribution in [0.1, 0.15) is 28.7 Å². The molecule has 0 N–H and O–H groups in total. The largest absolute Gasteiger partial charge is 0.489 e. The minimum absolute atomic E-state index is 0.143. The van der Waals surface area contributed by atoms with Crippen LogP contribution in [0.25, 0.3) is 11.4 Å². The van der Waals surface area contributed by atoms with Gasteiger partial charge in [-0.15, -0.1) is 0 Å². The number of benzene rings is 3. The first-order valence-corrected chi connectivity index (χ1v) is 10.7. The number of rotatable bonds is 8. The number of amides is 1. The van der Waals surface area contributed by atoms with Crippen molar-refractivity contribution >= 4 is 17.5 Å². The molecule has 1 aromatic heterocycles. The molecular formula is C25H22ClN3O3. The van der Waals surface area contributed by atoms with Crippen molar-refractivity contribution in [1.29, 1.82) is 0 Å². The van der Waals surface area contributed by atoms with E-state index >= 15 is 0 Å². The molecule has 0 saturated carbocycles. The van der Waals surface area contributed by atoms with Crippen LogP contribution in [0.2, 0.25) is 5.02 Å². The summed E-state index contributed by atoms with van der Waals surface area (Å²) in [6.07, 6.45) is 0. The molecule has 4 rings (SSSR count). The lowest BCUT2D eigenvalue weighted by molar-refractivity contribution is 0.0734. The van der Waals surface area contributed by atoms with Crippen molar-refractivity contribution in [1.82, 2.24) is 15.0 Å². The maximum Gasteiger partial charge on any atom is 0.254 e. The quantitative estimate of drug-likeness (QED) is 0.350. The highest BCUT2D eigenvalue weighted by molar-refractivity contribution is 6.31. The molecule has 1 heterocycles. The van der Waals surface area contributed by atoms with Crippen LogP contribution in [0.5, 0.6) is 5.75 Å². The van der Waals surface area contributed by atoms with Crippen LogP contribution in [0, 0.1) is 0 Å². The summed E-state index contributed by atoms with van der Waals surface area (Å²) in [5.41, 5.74) is 2.26. The summed E-state index contributed by atoms with van der Waals surface area (Å²) in [4.78, 5) is 19.2. The van der Waals surface area contributed by atoms with E-state index < -0.39 is 0 Å². The smallest absolute Gasteiger partial charge is 0.254 e. The van der Waals surface area contributed by atoms with E-state index in [9.17, 15) is 4.79 Å². The molecule has 3 aromatic carbocycles. The zero-order valence-corrected chi connectivity index (χ0v) is 18.3. The van der Waals surface area contributed by atoms with Gasteiger partial charge in [-0.3, -0.25) is 4.79 Å². The molecule has 0 atom stereocenters. The third-order valence-corrected chi connectivity index (χ3v) is 5.30. The Hall–Kier alpha value is -3.64. The summed E-state index contributed by atoms with van der Waals surface area (Å²) >= 11 is 6.19. The molecule has 0 saturated heterocycles. The molecule has 4 aromatic rings. The van der Waals surface area contributed by atoms with Gasteiger partial charge in [-0.2, -0.15) is 4.98 Å². The molecule has 0 fully saturated rings. The number of nitrogens with zero attached hydrogens (tertiary/aromatic N) is 3. The molecule has 32 heavy (non-hydrogen) atoms. The molecule has 0 aliphatic rings. The fraction of sp³-hybridized carbons (Fsp3) is 0.160. The van der Waals surface area contributed by atoms with Crippen LogP contribution < -0.4 is 4.74 Å². The van der Waals surface area contributed by atoms with Crippen LogP contribution >= 0.6 is 11.6 Å². The lowest BCUT2D eigenvalue weighted by Gasteiger charge is -2.19. The molecule has 0 unspecified atom stereocenters. The molecule has 162 valence electrons. The van der Waals surface area contributed by atoms with Crippen molar-refractivity contribution < 1.29 is 14.1 Å². The van der Waals surface area contributed by atoms with Gasteiger partial charge in [0.2, 0.25) is 11.7 Å². The van der Waals surface area contributed by atoms with Crippen LogP contribution in [0.3, 0.4) is 0 Å². The maximum atomic E-state index is 13.1. The summed E-state index contributed by atoms with van der Waals surface area (Å²) in [7, 11) is 0. The van der Waals surface area contributed by atoms with Gasteiger partial charge in [0.15, 0.2) is 0 Å². The number of ether oxygens (including phenoxy) is 1. The van der Waals surface area contributed by atoms with E-state index in [0.717, 1.165) is 11.1 Å². The van der Waals surface area contributed by atoms with Gasteiger partial charge in [0, 0.05) is 28.3 Å². The van der Waals surface area contributed by atoms with E-state index in [4.69, 9.17) is 20.9 Å². The average Bonchev–Trinajstić information content (AvgIpc) is 3.31. The van der Waals surface area contributed by atoms with Gasteiger partial charge >= 0.3 is 0 Å². The lowest BCUT2D eigenvalue weighted by Crippen LogP contribution is -2.30. The van der Waals surface area contributed by atoms with Gasteiger partial charge in [-0.1, -0.05) is 71.4 Å². The predicted octanol–water partition coefficient (Wildman–Crippen LogP) is 5.63. The Bertz CT molecular complexity index is 1190. The van der Waals surface area contributed by atoms with E-state index in [-0.39, 0.29) is 12.5 Å². The normalized spacial score (nSPS) is 10.7. The first kappa shape index (κ1) is 21.6. The second-order valence-electron chi connectivity index (χ2n) is 7.10. The molecule has 0 aliphatic heterocycles. The Kier molecular flexibility index (Phi) is 6.82. The summed E-state index contributed by atoms with van der Waals surface area (Å²) in [6, 6.07) is 24.2. The van der Waals surface area contributed by atoms with Gasteiger partial charge in [-0.05, 0) is 31.2 Å². The minimum Gasteiger partial charge on any atom is -0.489 e. The van der Waals surface area contributed by atoms with Gasteiger partial charge in [0.25, 0.3) is 5.91 Å². The van der Waals surface area contributed by atoms with Crippen molar-refractivity contribution in [3.8, 4) is 17.1 Å². The zero-order chi connectivity index (χ0) is 22.3. The number of carbonyl (C=O) groups is 1. The summed E-state index contributed by atoms with van der Waals surface area (Å²) in [5.74, 6) is 1.33. The minimum atomic E-state index is -0.143. The number of hydrogen-bond donors (Lipinski definition) is 0. The highest BCUT2D eigenvalue weighted by Gasteiger charge is 2.19. The maximum absolute atomic E-state index is 13.1. The first-order chi connectivity index (χ1) is 15.6. The number of halogens is 1. The van der Waals surface area contributed by atoms with Gasteiger partial charge in [-0.25, -0.2) is 0 Å². The second-order valence-corrected chi connectivity index (χ2v) is 7.51. The van der Waals surface area contributed by atoms with E-state index in [0.29, 0.717) is 41.2 Å². The molecular weight excluding hydrogens is 426 g/mol. The van der Waals surface area contributed by atoms with Crippen LogP contribution in [-0.2, 0) is 13.2 Å². The standard InChI is InChI=1S/C25H22ClN3O3/c1-2-29(16-23-27-24(28-32-23)18-9-4-3-5-10-18)25(30)19-12-8-13-21(15-19)31-17-20-11-6-7-14-22(20)26/h3-15H,2,16-17H2,1H3. The first-order valence-electron chi connectivity index (χ1n) is 10.3. The highest BCUT2D eigenvalue weighted by atomic mass is 35.5. The second kappa shape index (κ2) is 10.1. The summed E-state index contributed by atoms with van der Waals surface area (Å²) < 4.78 is 11.2. The molecule has 0 bridgehead atoms. The molecule has 1 amide bonds. The highest BCUT2D eigenvalue weighted by Crippen LogP contribution is 2.21. The van der Waals surface area contributed by atoms with Crippen LogP contribution in [0.15, 0.2) is 83.4 Å². The summed E-state index contributed by atoms with van der Waals surface area (Å²) in [6.45, 7) is 2.94. The fourth-order valence-corrected chi connectivity index (χ4v) is 3.38. The third kappa shape index (κ3) is 5.15. The van der Waals surface area contributed by atoms with Crippen molar-refractivity contribution in [3.63, 3.8) is 0 Å². The molecule has 0 aliphatic carbocycles. The van der Waals surface area contributed by atoms with Crippen molar-refractivity contribution in [3.05, 3.63) is 101 Å². The van der Waals surface area contributed by atoms with E-state index in [1.54, 1.807) is 23.1 Å². The van der Waals surface area contributed by atoms with Gasteiger partial charge in [0.05, 0.1) is 0 Å². The van der Waals surface area contributed by atoms with E-state index in [1.807, 2.05) is 67.6 Å². The molecule has 6 nitrogen and oxygen atoms in total. The number of aromatic nitrogens is 2. The Balaban J connectivity index is 1.44. The third-order valence-electron chi connectivity index (χ3n) is 4.93. The summed E-state index contributed by atoms with van der Waals surface area (Å²) in [5, 5.41) is 4.67. The molecule has 0 radical (unpaired) electrons. The average molecular weight is 448 g/mol. The van der Waals surface area contributed by atoms with Gasteiger partial charge < -0.3 is 14.2 Å². The van der Waals surface area contributed by atoms with Crippen molar-refractivity contribution in [2.45, 2.75) is 20.1 Å². The van der Waals surface area contributed by atoms with Crippen LogP contribution in [-0.4, -0.2) is 27.5 Å². The Morgan fingerprint density at radius 3 is 2.59 bits per heavy atom. The van der Waals surface area contributed by atoms with Crippen molar-refractivity contribution in [2.75, 3.05) is 6.54 Å².